The fourth-order valence-electron chi connectivity index (χ4n) is 5.17. The molecule has 0 aromatic heterocycles. The summed E-state index contributed by atoms with van der Waals surface area (Å²) in [5.41, 5.74) is 1.85. The summed E-state index contributed by atoms with van der Waals surface area (Å²) < 4.78 is 23.0. The van der Waals surface area contributed by atoms with Gasteiger partial charge >= 0.3 is 0 Å². The molecule has 10 nitrogen and oxygen atoms in total. The van der Waals surface area contributed by atoms with E-state index in [4.69, 9.17) is 0 Å². The van der Waals surface area contributed by atoms with Crippen molar-refractivity contribution in [2.75, 3.05) is 20.1 Å². The molecule has 0 saturated carbocycles. The van der Waals surface area contributed by atoms with Crippen LogP contribution >= 0.6 is 0 Å². The van der Waals surface area contributed by atoms with Crippen molar-refractivity contribution >= 4 is 29.0 Å². The van der Waals surface area contributed by atoms with Gasteiger partial charge in [0, 0.05) is 19.1 Å². The molecule has 2 heterocycles. The molecule has 0 spiro atoms. The molecule has 0 bridgehead atoms. The predicted octanol–water partition coefficient (Wildman–Crippen LogP) is 1.19. The van der Waals surface area contributed by atoms with E-state index in [1.807, 2.05) is 60.7 Å². The van der Waals surface area contributed by atoms with Crippen LogP contribution < -0.4 is 16.0 Å². The van der Waals surface area contributed by atoms with Crippen molar-refractivity contribution < 1.29 is 23.1 Å². The number of hydrogen-bond donors (Lipinski definition) is 4. The number of fused-ring (bicyclic) bond motifs is 1. The summed E-state index contributed by atoms with van der Waals surface area (Å²) in [6.45, 7) is 1.79. The van der Waals surface area contributed by atoms with Gasteiger partial charge in [-0.25, -0.2) is 4.21 Å². The van der Waals surface area contributed by atoms with Crippen LogP contribution in [0.5, 0.6) is 0 Å². The van der Waals surface area contributed by atoms with Crippen molar-refractivity contribution in [2.24, 2.45) is 0 Å². The Bertz CT molecular complexity index is 1110. The zero-order valence-electron chi connectivity index (χ0n) is 21.6. The minimum absolute atomic E-state index is 0.127. The van der Waals surface area contributed by atoms with E-state index in [0.29, 0.717) is 19.3 Å². The Balaban J connectivity index is 1.60. The minimum atomic E-state index is -2.29. The van der Waals surface area contributed by atoms with Gasteiger partial charge in [0.1, 0.15) is 12.1 Å². The standard InChI is InChI=1S/C27H35N5O5S/c1-18(28-2)25(33)29-22-17-31(38(36)37)16-15-21-13-14-23(32(21)27(22)35)26(34)30-24(19-9-5-3-6-10-19)20-11-7-4-8-12-20/h3-12,18,21-24,28H,13-17H2,1-2H3,(H,29,33)(H,30,34)(H,36,37)/t18-,21+,22-,23?/m0/s1. The quantitative estimate of drug-likeness (QED) is 0.372. The molecule has 2 saturated heterocycles. The number of nitrogens with zero attached hydrogens (tertiary/aromatic N) is 2. The lowest BCUT2D eigenvalue weighted by Crippen LogP contribution is -2.62. The van der Waals surface area contributed by atoms with Crippen molar-refractivity contribution in [3.63, 3.8) is 0 Å². The van der Waals surface area contributed by atoms with Crippen LogP contribution in [0.4, 0.5) is 0 Å². The molecule has 5 atom stereocenters. The Morgan fingerprint density at radius 1 is 1.00 bits per heavy atom. The summed E-state index contributed by atoms with van der Waals surface area (Å²) in [5, 5.41) is 8.72. The summed E-state index contributed by atoms with van der Waals surface area (Å²) in [7, 11) is 1.63. The van der Waals surface area contributed by atoms with Gasteiger partial charge in [-0.2, -0.15) is 4.31 Å². The molecule has 2 unspecified atom stereocenters. The molecular weight excluding hydrogens is 506 g/mol. The topological polar surface area (TPSA) is 131 Å². The first-order chi connectivity index (χ1) is 18.3. The van der Waals surface area contributed by atoms with Gasteiger partial charge in [-0.05, 0) is 44.4 Å². The van der Waals surface area contributed by atoms with Crippen molar-refractivity contribution in [3.8, 4) is 0 Å². The molecular formula is C27H35N5O5S. The number of nitrogens with one attached hydrogen (secondary N) is 3. The van der Waals surface area contributed by atoms with E-state index in [1.54, 1.807) is 18.9 Å². The van der Waals surface area contributed by atoms with Gasteiger partial charge in [-0.15, -0.1) is 0 Å². The molecule has 2 aliphatic heterocycles. The molecule has 2 aromatic carbocycles. The molecule has 2 fully saturated rings. The van der Waals surface area contributed by atoms with E-state index in [-0.39, 0.29) is 25.0 Å². The van der Waals surface area contributed by atoms with Gasteiger partial charge in [-0.3, -0.25) is 18.9 Å². The number of benzene rings is 2. The normalized spacial score (nSPS) is 23.7. The first-order valence-electron chi connectivity index (χ1n) is 12.9. The second-order valence-corrected chi connectivity index (χ2v) is 10.7. The van der Waals surface area contributed by atoms with E-state index in [1.165, 1.54) is 4.31 Å². The highest BCUT2D eigenvalue weighted by Crippen LogP contribution is 2.31. The Morgan fingerprint density at radius 2 is 1.61 bits per heavy atom. The van der Waals surface area contributed by atoms with Gasteiger partial charge in [-0.1, -0.05) is 60.7 Å². The van der Waals surface area contributed by atoms with E-state index in [0.717, 1.165) is 11.1 Å². The average Bonchev–Trinajstić information content (AvgIpc) is 3.35. The maximum atomic E-state index is 13.8. The van der Waals surface area contributed by atoms with Gasteiger partial charge in [0.15, 0.2) is 0 Å². The molecule has 0 aliphatic carbocycles. The third-order valence-electron chi connectivity index (χ3n) is 7.37. The summed E-state index contributed by atoms with van der Waals surface area (Å²) in [5.74, 6) is -1.09. The Hall–Kier alpha value is -3.12. The molecule has 4 N–H and O–H groups in total. The SMILES string of the molecule is CN[C@@H](C)C(=O)N[C@H]1CN(S(=O)O)CC[C@H]2CCC(C(=O)NC(c3ccccc3)c3ccccc3)N2C1=O. The maximum Gasteiger partial charge on any atom is 0.247 e. The van der Waals surface area contributed by atoms with Crippen molar-refractivity contribution in [3.05, 3.63) is 71.8 Å². The van der Waals surface area contributed by atoms with E-state index in [2.05, 4.69) is 16.0 Å². The molecule has 0 radical (unpaired) electrons. The zero-order chi connectivity index (χ0) is 27.2. The monoisotopic (exact) mass is 541 g/mol. The molecule has 2 aliphatic rings. The lowest BCUT2D eigenvalue weighted by molar-refractivity contribution is -0.144. The first kappa shape index (κ1) is 27.9. The van der Waals surface area contributed by atoms with Crippen LogP contribution in [0, 0.1) is 0 Å². The second kappa shape index (κ2) is 12.6. The molecule has 38 heavy (non-hydrogen) atoms. The van der Waals surface area contributed by atoms with Crippen molar-refractivity contribution in [2.45, 2.75) is 56.4 Å². The fraction of sp³-hybridized carbons (Fsp3) is 0.444. The summed E-state index contributed by atoms with van der Waals surface area (Å²) in [6, 6.07) is 16.3. The van der Waals surface area contributed by atoms with Crippen LogP contribution in [0.25, 0.3) is 0 Å². The number of carbonyl (C=O) groups is 3. The van der Waals surface area contributed by atoms with Crippen molar-refractivity contribution in [1.29, 1.82) is 0 Å². The van der Waals surface area contributed by atoms with Gasteiger partial charge in [0.05, 0.1) is 12.1 Å². The highest BCUT2D eigenvalue weighted by atomic mass is 32.2. The predicted molar refractivity (Wildman–Crippen MR) is 144 cm³/mol. The van der Waals surface area contributed by atoms with Crippen LogP contribution in [0.3, 0.4) is 0 Å². The number of carbonyl (C=O) groups excluding carboxylic acids is 3. The van der Waals surface area contributed by atoms with Crippen LogP contribution in [0.15, 0.2) is 60.7 Å². The zero-order valence-corrected chi connectivity index (χ0v) is 22.4. The average molecular weight is 542 g/mol. The highest BCUT2D eigenvalue weighted by molar-refractivity contribution is 7.76. The van der Waals surface area contributed by atoms with Crippen molar-refractivity contribution in [1.82, 2.24) is 25.2 Å². The van der Waals surface area contributed by atoms with Crippen LogP contribution in [0.1, 0.15) is 43.4 Å². The molecule has 4 rings (SSSR count). The lowest BCUT2D eigenvalue weighted by atomic mass is 9.98. The largest absolute Gasteiger partial charge is 0.343 e. The van der Waals surface area contributed by atoms with E-state index >= 15 is 0 Å². The third-order valence-corrected chi connectivity index (χ3v) is 8.15. The second-order valence-electron chi connectivity index (χ2n) is 9.73. The molecule has 2 aromatic rings. The van der Waals surface area contributed by atoms with E-state index in [9.17, 15) is 23.1 Å². The van der Waals surface area contributed by atoms with Crippen LogP contribution in [-0.4, -0.2) is 80.0 Å². The van der Waals surface area contributed by atoms with Gasteiger partial charge in [0.25, 0.3) is 0 Å². The van der Waals surface area contributed by atoms with Crippen LogP contribution in [-0.2, 0) is 25.7 Å². The molecule has 204 valence electrons. The minimum Gasteiger partial charge on any atom is -0.343 e. The number of likely N-dealkylation sites (N-methyl/N-ethyl adjacent to an activating group) is 1. The molecule has 3 amide bonds. The fourth-order valence-corrected chi connectivity index (χ4v) is 5.71. The van der Waals surface area contributed by atoms with E-state index < -0.39 is 47.2 Å². The number of rotatable bonds is 8. The number of amides is 3. The third kappa shape index (κ3) is 6.29. The lowest BCUT2D eigenvalue weighted by Gasteiger charge is -2.38. The maximum absolute atomic E-state index is 13.8. The smallest absolute Gasteiger partial charge is 0.247 e. The Kier molecular flexibility index (Phi) is 9.26. The number of hydrogen-bond acceptors (Lipinski definition) is 5. The van der Waals surface area contributed by atoms with Gasteiger partial charge < -0.3 is 20.9 Å². The summed E-state index contributed by atoms with van der Waals surface area (Å²) >= 11 is -2.29. The first-order valence-corrected chi connectivity index (χ1v) is 13.9. The summed E-state index contributed by atoms with van der Waals surface area (Å²) in [6.07, 6.45) is 1.51. The highest BCUT2D eigenvalue weighted by Gasteiger charge is 2.46. The molecule has 11 heteroatoms. The summed E-state index contributed by atoms with van der Waals surface area (Å²) in [4.78, 5) is 41.8. The Labute approximate surface area is 225 Å². The Morgan fingerprint density at radius 3 is 2.16 bits per heavy atom. The van der Waals surface area contributed by atoms with Crippen LogP contribution in [0.2, 0.25) is 0 Å². The van der Waals surface area contributed by atoms with Gasteiger partial charge in [0.2, 0.25) is 29.0 Å².